The molecule has 1 atom stereocenters. The maximum absolute atomic E-state index is 13.6. The Balaban J connectivity index is 1.27. The SMILES string of the molecule is CCCOCCOc1ccc(-c2ccc3c(c2)C=C(C(=O)Nc2ccc([S+]([O-])Cc4cncn4CCC)cc2)CCN3CCC)cc1. The molecule has 0 radical (unpaired) electrons. The van der Waals surface area contributed by atoms with E-state index in [2.05, 4.69) is 66.3 Å². The van der Waals surface area contributed by atoms with E-state index in [1.165, 1.54) is 0 Å². The summed E-state index contributed by atoms with van der Waals surface area (Å²) in [5, 5.41) is 3.07. The van der Waals surface area contributed by atoms with Gasteiger partial charge in [0.1, 0.15) is 12.4 Å². The number of benzene rings is 3. The number of anilines is 2. The van der Waals surface area contributed by atoms with E-state index in [9.17, 15) is 9.35 Å². The quantitative estimate of drug-likeness (QED) is 0.0983. The van der Waals surface area contributed by atoms with Gasteiger partial charge >= 0.3 is 0 Å². The molecule has 1 unspecified atom stereocenters. The summed E-state index contributed by atoms with van der Waals surface area (Å²) in [5.41, 5.74) is 6.69. The first kappa shape index (κ1) is 34.3. The Kier molecular flexibility index (Phi) is 12.5. The molecule has 0 saturated heterocycles. The smallest absolute Gasteiger partial charge is 0.251 e. The molecule has 47 heavy (non-hydrogen) atoms. The number of imidazole rings is 1. The molecule has 1 aromatic heterocycles. The standard InChI is InChI=1S/C38H46N4O4S/c1-4-18-41-20-17-31(38(43)40-33-10-14-36(15-11-33)47(44)27-34-26-39-28-42(34)19-5-2)25-32-24-30(9-16-37(32)41)29-7-12-35(13-8-29)46-23-22-45-21-6-3/h7-16,24-26,28H,4-6,17-23,27H2,1-3H3,(H,40,43). The number of carbonyl (C=O) groups excluding carboxylic acids is 1. The Bertz CT molecular complexity index is 1620. The molecule has 8 nitrogen and oxygen atoms in total. The van der Waals surface area contributed by atoms with E-state index in [-0.39, 0.29) is 5.91 Å². The molecule has 1 aliphatic heterocycles. The van der Waals surface area contributed by atoms with Gasteiger partial charge in [-0.25, -0.2) is 4.98 Å². The largest absolute Gasteiger partial charge is 0.611 e. The number of ether oxygens (including phenoxy) is 2. The van der Waals surface area contributed by atoms with Crippen molar-refractivity contribution in [1.82, 2.24) is 9.55 Å². The summed E-state index contributed by atoms with van der Waals surface area (Å²) in [5.74, 6) is 1.09. The Labute approximate surface area is 282 Å². The number of rotatable bonds is 16. The molecule has 0 fully saturated rings. The van der Waals surface area contributed by atoms with E-state index in [1.807, 2.05) is 47.0 Å². The molecule has 9 heteroatoms. The van der Waals surface area contributed by atoms with Crippen LogP contribution in [0.5, 0.6) is 5.75 Å². The van der Waals surface area contributed by atoms with Crippen LogP contribution < -0.4 is 15.0 Å². The maximum atomic E-state index is 13.6. The van der Waals surface area contributed by atoms with Gasteiger partial charge in [0, 0.05) is 43.2 Å². The second kappa shape index (κ2) is 17.2. The molecule has 248 valence electrons. The number of nitrogens with zero attached hydrogens (tertiary/aromatic N) is 3. The lowest BCUT2D eigenvalue weighted by molar-refractivity contribution is -0.112. The average molecular weight is 655 g/mol. The number of amides is 1. The summed E-state index contributed by atoms with van der Waals surface area (Å²) < 4.78 is 26.5. The lowest BCUT2D eigenvalue weighted by atomic mass is 10.00. The number of aryl methyl sites for hydroxylation is 1. The Morgan fingerprint density at radius 1 is 0.915 bits per heavy atom. The zero-order valence-corrected chi connectivity index (χ0v) is 28.6. The van der Waals surface area contributed by atoms with Crippen LogP contribution in [0.25, 0.3) is 17.2 Å². The zero-order valence-electron chi connectivity index (χ0n) is 27.7. The fourth-order valence-electron chi connectivity index (χ4n) is 5.69. The molecule has 0 saturated carbocycles. The van der Waals surface area contributed by atoms with Crippen LogP contribution >= 0.6 is 0 Å². The van der Waals surface area contributed by atoms with Crippen molar-refractivity contribution in [2.24, 2.45) is 0 Å². The van der Waals surface area contributed by atoms with Crippen molar-refractivity contribution in [2.45, 2.75) is 63.6 Å². The van der Waals surface area contributed by atoms with Gasteiger partial charge in [0.15, 0.2) is 10.6 Å². The second-order valence-electron chi connectivity index (χ2n) is 11.7. The van der Waals surface area contributed by atoms with Crippen molar-refractivity contribution >= 4 is 34.5 Å². The lowest BCUT2D eigenvalue weighted by Gasteiger charge is -2.25. The fourth-order valence-corrected chi connectivity index (χ4v) is 6.81. The van der Waals surface area contributed by atoms with Gasteiger partial charge in [0.25, 0.3) is 5.91 Å². The second-order valence-corrected chi connectivity index (χ2v) is 13.2. The Hall–Kier alpha value is -4.05. The molecule has 4 aromatic rings. The third-order valence-corrected chi connectivity index (χ3v) is 9.44. The highest BCUT2D eigenvalue weighted by molar-refractivity contribution is 7.90. The minimum absolute atomic E-state index is 0.124. The number of hydrogen-bond acceptors (Lipinski definition) is 6. The van der Waals surface area contributed by atoms with Crippen molar-refractivity contribution in [1.29, 1.82) is 0 Å². The van der Waals surface area contributed by atoms with E-state index < -0.39 is 11.2 Å². The minimum atomic E-state index is -1.21. The monoisotopic (exact) mass is 654 g/mol. The molecular weight excluding hydrogens is 609 g/mol. The molecule has 0 spiro atoms. The van der Waals surface area contributed by atoms with Gasteiger partial charge in [-0.3, -0.25) is 4.79 Å². The van der Waals surface area contributed by atoms with Crippen molar-refractivity contribution in [3.05, 3.63) is 96.1 Å². The summed E-state index contributed by atoms with van der Waals surface area (Å²) in [6.45, 7) is 10.8. The third kappa shape index (κ3) is 9.28. The van der Waals surface area contributed by atoms with Crippen LogP contribution in [-0.4, -0.2) is 52.9 Å². The number of fused-ring (bicyclic) bond motifs is 1. The minimum Gasteiger partial charge on any atom is -0.611 e. The van der Waals surface area contributed by atoms with Crippen LogP contribution in [0.1, 0.15) is 57.7 Å². The fraction of sp³-hybridized carbons (Fsp3) is 0.368. The van der Waals surface area contributed by atoms with Crippen molar-refractivity contribution in [2.75, 3.05) is 43.1 Å². The Morgan fingerprint density at radius 3 is 2.43 bits per heavy atom. The molecule has 5 rings (SSSR count). The molecule has 0 bridgehead atoms. The molecular formula is C38H46N4O4S. The number of nitrogens with one attached hydrogen (secondary N) is 1. The van der Waals surface area contributed by atoms with Crippen molar-refractivity contribution in [3.63, 3.8) is 0 Å². The first-order valence-corrected chi connectivity index (χ1v) is 18.0. The van der Waals surface area contributed by atoms with E-state index in [0.29, 0.717) is 31.1 Å². The summed E-state index contributed by atoms with van der Waals surface area (Å²) in [4.78, 5) is 20.9. The van der Waals surface area contributed by atoms with E-state index in [1.54, 1.807) is 12.5 Å². The predicted molar refractivity (Wildman–Crippen MR) is 191 cm³/mol. The van der Waals surface area contributed by atoms with Crippen LogP contribution in [0.2, 0.25) is 0 Å². The normalized spacial score (nSPS) is 13.4. The van der Waals surface area contributed by atoms with Crippen LogP contribution in [-0.2, 0) is 33.0 Å². The zero-order chi connectivity index (χ0) is 33.0. The summed E-state index contributed by atoms with van der Waals surface area (Å²) in [6.07, 6.45) is 9.24. The topological polar surface area (TPSA) is 91.7 Å². The molecule has 1 N–H and O–H groups in total. The molecule has 1 amide bonds. The lowest BCUT2D eigenvalue weighted by Crippen LogP contribution is -2.26. The first-order valence-electron chi connectivity index (χ1n) is 16.7. The maximum Gasteiger partial charge on any atom is 0.251 e. The van der Waals surface area contributed by atoms with Crippen LogP contribution in [0, 0.1) is 0 Å². The first-order chi connectivity index (χ1) is 23.0. The van der Waals surface area contributed by atoms with E-state index in [0.717, 1.165) is 89.8 Å². The predicted octanol–water partition coefficient (Wildman–Crippen LogP) is 7.72. The van der Waals surface area contributed by atoms with Gasteiger partial charge in [0.2, 0.25) is 0 Å². The number of hydrogen-bond donors (Lipinski definition) is 1. The molecule has 1 aliphatic rings. The van der Waals surface area contributed by atoms with E-state index >= 15 is 0 Å². The molecule has 2 heterocycles. The van der Waals surface area contributed by atoms with Crippen LogP contribution in [0.4, 0.5) is 11.4 Å². The summed E-state index contributed by atoms with van der Waals surface area (Å²) >= 11 is -1.21. The van der Waals surface area contributed by atoms with Crippen LogP contribution in [0.3, 0.4) is 0 Å². The average Bonchev–Trinajstić information content (AvgIpc) is 3.43. The van der Waals surface area contributed by atoms with Gasteiger partial charge < -0.3 is 28.8 Å². The Morgan fingerprint density at radius 2 is 1.68 bits per heavy atom. The van der Waals surface area contributed by atoms with Gasteiger partial charge in [-0.1, -0.05) is 39.0 Å². The highest BCUT2D eigenvalue weighted by Gasteiger charge is 2.21. The van der Waals surface area contributed by atoms with Crippen LogP contribution in [0.15, 0.2) is 89.7 Å². The molecule has 0 aliphatic carbocycles. The highest BCUT2D eigenvalue weighted by Crippen LogP contribution is 2.33. The number of aromatic nitrogens is 2. The van der Waals surface area contributed by atoms with Gasteiger partial charge in [-0.15, -0.1) is 0 Å². The third-order valence-electron chi connectivity index (χ3n) is 8.08. The van der Waals surface area contributed by atoms with Gasteiger partial charge in [-0.2, -0.15) is 0 Å². The van der Waals surface area contributed by atoms with Crippen molar-refractivity contribution < 1.29 is 18.8 Å². The summed E-state index contributed by atoms with van der Waals surface area (Å²) in [7, 11) is 0. The molecule has 3 aromatic carbocycles. The highest BCUT2D eigenvalue weighted by atomic mass is 32.2. The van der Waals surface area contributed by atoms with Gasteiger partial charge in [0.05, 0.1) is 24.8 Å². The summed E-state index contributed by atoms with van der Waals surface area (Å²) in [6, 6.07) is 21.9. The van der Waals surface area contributed by atoms with E-state index in [4.69, 9.17) is 9.47 Å². The number of carbonyl (C=O) groups is 1. The van der Waals surface area contributed by atoms with Crippen molar-refractivity contribution in [3.8, 4) is 16.9 Å². The van der Waals surface area contributed by atoms with Gasteiger partial charge in [-0.05, 0) is 108 Å².